The van der Waals surface area contributed by atoms with Crippen molar-refractivity contribution in [3.63, 3.8) is 0 Å². The molecule has 4 rings (SSSR count). The topological polar surface area (TPSA) is 65.9 Å². The highest BCUT2D eigenvalue weighted by atomic mass is 16.5. The molecule has 1 N–H and O–H groups in total. The van der Waals surface area contributed by atoms with E-state index in [1.54, 1.807) is 12.4 Å². The second-order valence-electron chi connectivity index (χ2n) is 7.35. The van der Waals surface area contributed by atoms with Gasteiger partial charge in [-0.25, -0.2) is 9.97 Å². The van der Waals surface area contributed by atoms with Gasteiger partial charge in [0.1, 0.15) is 12.4 Å². The van der Waals surface area contributed by atoms with E-state index in [0.717, 1.165) is 55.0 Å². The number of piperazine rings is 1. The highest BCUT2D eigenvalue weighted by Gasteiger charge is 2.21. The maximum atomic E-state index is 5.95. The van der Waals surface area contributed by atoms with Gasteiger partial charge in [-0.1, -0.05) is 42.5 Å². The number of aromatic nitrogens is 2. The third-order valence-corrected chi connectivity index (χ3v) is 5.22. The zero-order valence-electron chi connectivity index (χ0n) is 17.8. The van der Waals surface area contributed by atoms with Gasteiger partial charge in [-0.2, -0.15) is 0 Å². The molecule has 0 unspecified atom stereocenters. The molecular formula is C24H28N6O. The number of nitrogens with zero attached hydrogens (tertiary/aromatic N) is 5. The molecule has 2 aromatic carbocycles. The number of anilines is 1. The van der Waals surface area contributed by atoms with Crippen molar-refractivity contribution in [1.29, 1.82) is 0 Å². The Morgan fingerprint density at radius 3 is 2.42 bits per heavy atom. The fraction of sp³-hybridized carbons (Fsp3) is 0.292. The van der Waals surface area contributed by atoms with Crippen LogP contribution in [0, 0.1) is 0 Å². The molecule has 7 heteroatoms. The molecule has 160 valence electrons. The normalized spacial score (nSPS) is 14.4. The van der Waals surface area contributed by atoms with Crippen molar-refractivity contribution in [3.8, 4) is 5.75 Å². The highest BCUT2D eigenvalue weighted by molar-refractivity contribution is 5.80. The Bertz CT molecular complexity index is 972. The number of ether oxygens (including phenoxy) is 1. The van der Waals surface area contributed by atoms with Crippen molar-refractivity contribution < 1.29 is 4.74 Å². The Labute approximate surface area is 183 Å². The lowest BCUT2D eigenvalue weighted by molar-refractivity contribution is 0.306. The maximum absolute atomic E-state index is 5.95. The van der Waals surface area contributed by atoms with Crippen LogP contribution in [0.3, 0.4) is 0 Å². The molecule has 31 heavy (non-hydrogen) atoms. The Morgan fingerprint density at radius 1 is 0.935 bits per heavy atom. The summed E-state index contributed by atoms with van der Waals surface area (Å²) in [7, 11) is 1.83. The lowest BCUT2D eigenvalue weighted by atomic mass is 10.2. The fourth-order valence-corrected chi connectivity index (χ4v) is 3.57. The molecule has 2 heterocycles. The van der Waals surface area contributed by atoms with Gasteiger partial charge in [0.2, 0.25) is 5.95 Å². The molecule has 7 nitrogen and oxygen atoms in total. The molecule has 1 fully saturated rings. The molecule has 0 spiro atoms. The number of hydrogen-bond donors (Lipinski definition) is 1. The first-order valence-corrected chi connectivity index (χ1v) is 10.5. The number of hydrogen-bond acceptors (Lipinski definition) is 5. The molecule has 3 aromatic rings. The number of benzene rings is 2. The Kier molecular flexibility index (Phi) is 6.95. The van der Waals surface area contributed by atoms with Gasteiger partial charge in [-0.05, 0) is 29.3 Å². The van der Waals surface area contributed by atoms with E-state index in [4.69, 9.17) is 4.74 Å². The van der Waals surface area contributed by atoms with Gasteiger partial charge in [0.25, 0.3) is 0 Å². The van der Waals surface area contributed by atoms with Crippen molar-refractivity contribution in [1.82, 2.24) is 20.2 Å². The minimum Gasteiger partial charge on any atom is -0.489 e. The van der Waals surface area contributed by atoms with Crippen LogP contribution in [-0.4, -0.2) is 54.1 Å². The van der Waals surface area contributed by atoms with Gasteiger partial charge in [-0.15, -0.1) is 0 Å². The predicted octanol–water partition coefficient (Wildman–Crippen LogP) is 2.95. The first-order chi connectivity index (χ1) is 15.3. The summed E-state index contributed by atoms with van der Waals surface area (Å²) in [6.45, 7) is 4.74. The molecule has 0 bridgehead atoms. The Morgan fingerprint density at radius 2 is 1.68 bits per heavy atom. The summed E-state index contributed by atoms with van der Waals surface area (Å²) in [5.74, 6) is 2.57. The summed E-state index contributed by atoms with van der Waals surface area (Å²) >= 11 is 0. The van der Waals surface area contributed by atoms with Crippen LogP contribution in [0.1, 0.15) is 11.1 Å². The van der Waals surface area contributed by atoms with Gasteiger partial charge >= 0.3 is 0 Å². The van der Waals surface area contributed by atoms with E-state index in [0.29, 0.717) is 13.2 Å². The first kappa shape index (κ1) is 20.7. The summed E-state index contributed by atoms with van der Waals surface area (Å²) in [6.07, 6.45) is 3.57. The highest BCUT2D eigenvalue weighted by Crippen LogP contribution is 2.16. The van der Waals surface area contributed by atoms with Crippen molar-refractivity contribution in [2.75, 3.05) is 38.1 Å². The monoisotopic (exact) mass is 416 g/mol. The SMILES string of the molecule is CN=C(NCc1cccc(OCc2ccccc2)c1)N1CCN(c2ncccn2)CC1. The van der Waals surface area contributed by atoms with E-state index in [1.165, 1.54) is 0 Å². The van der Waals surface area contributed by atoms with Crippen molar-refractivity contribution in [3.05, 3.63) is 84.2 Å². The van der Waals surface area contributed by atoms with Crippen LogP contribution < -0.4 is 15.0 Å². The van der Waals surface area contributed by atoms with Gasteiger partial charge < -0.3 is 19.9 Å². The van der Waals surface area contributed by atoms with Crippen LogP contribution in [0.15, 0.2) is 78.0 Å². The Hall–Kier alpha value is -3.61. The second-order valence-corrected chi connectivity index (χ2v) is 7.35. The summed E-state index contributed by atoms with van der Waals surface area (Å²) in [5.41, 5.74) is 2.31. The van der Waals surface area contributed by atoms with E-state index >= 15 is 0 Å². The zero-order chi connectivity index (χ0) is 21.3. The second kappa shape index (κ2) is 10.4. The fourth-order valence-electron chi connectivity index (χ4n) is 3.57. The van der Waals surface area contributed by atoms with E-state index < -0.39 is 0 Å². The van der Waals surface area contributed by atoms with E-state index in [-0.39, 0.29) is 0 Å². The zero-order valence-corrected chi connectivity index (χ0v) is 17.8. The largest absolute Gasteiger partial charge is 0.489 e. The van der Waals surface area contributed by atoms with Crippen LogP contribution in [-0.2, 0) is 13.2 Å². The molecular weight excluding hydrogens is 388 g/mol. The van der Waals surface area contributed by atoms with Gasteiger partial charge in [0.05, 0.1) is 0 Å². The molecule has 0 saturated carbocycles. The molecule has 0 radical (unpaired) electrons. The lowest BCUT2D eigenvalue weighted by Gasteiger charge is -2.36. The van der Waals surface area contributed by atoms with Crippen molar-refractivity contribution >= 4 is 11.9 Å². The average Bonchev–Trinajstić information content (AvgIpc) is 2.85. The summed E-state index contributed by atoms with van der Waals surface area (Å²) in [4.78, 5) is 17.7. The van der Waals surface area contributed by atoms with E-state index in [2.05, 4.69) is 54.3 Å². The maximum Gasteiger partial charge on any atom is 0.225 e. The van der Waals surface area contributed by atoms with Crippen LogP contribution >= 0.6 is 0 Å². The van der Waals surface area contributed by atoms with Crippen molar-refractivity contribution in [2.45, 2.75) is 13.2 Å². The molecule has 0 aliphatic carbocycles. The number of nitrogens with one attached hydrogen (secondary N) is 1. The van der Waals surface area contributed by atoms with Crippen LogP contribution in [0.25, 0.3) is 0 Å². The molecule has 0 atom stereocenters. The van der Waals surface area contributed by atoms with Crippen LogP contribution in [0.2, 0.25) is 0 Å². The molecule has 1 aromatic heterocycles. The number of rotatable bonds is 6. The smallest absolute Gasteiger partial charge is 0.225 e. The molecule has 1 aliphatic rings. The van der Waals surface area contributed by atoms with Crippen LogP contribution in [0.5, 0.6) is 5.75 Å². The summed E-state index contributed by atoms with van der Waals surface area (Å²) in [6, 6.07) is 20.2. The third-order valence-electron chi connectivity index (χ3n) is 5.22. The third kappa shape index (κ3) is 5.72. The average molecular weight is 417 g/mol. The number of aliphatic imine (C=N–C) groups is 1. The van der Waals surface area contributed by atoms with E-state index in [1.807, 2.05) is 43.4 Å². The first-order valence-electron chi connectivity index (χ1n) is 10.5. The molecule has 0 amide bonds. The minimum absolute atomic E-state index is 0.564. The Balaban J connectivity index is 1.28. The molecule has 1 saturated heterocycles. The van der Waals surface area contributed by atoms with E-state index in [9.17, 15) is 0 Å². The lowest BCUT2D eigenvalue weighted by Crippen LogP contribution is -2.52. The predicted molar refractivity (Wildman–Crippen MR) is 123 cm³/mol. The summed E-state index contributed by atoms with van der Waals surface area (Å²) < 4.78 is 5.95. The molecule has 1 aliphatic heterocycles. The van der Waals surface area contributed by atoms with Gasteiger partial charge in [0.15, 0.2) is 5.96 Å². The van der Waals surface area contributed by atoms with Gasteiger partial charge in [0, 0.05) is 52.2 Å². The van der Waals surface area contributed by atoms with Crippen molar-refractivity contribution in [2.24, 2.45) is 4.99 Å². The standard InChI is InChI=1S/C24H28N6O/c1-25-23(29-13-15-30(16-14-29)24-26-11-6-12-27-24)28-18-21-9-5-10-22(17-21)31-19-20-7-3-2-4-8-20/h2-12,17H,13-16,18-19H2,1H3,(H,25,28). The minimum atomic E-state index is 0.564. The van der Waals surface area contributed by atoms with Gasteiger partial charge in [-0.3, -0.25) is 4.99 Å². The van der Waals surface area contributed by atoms with Crippen LogP contribution in [0.4, 0.5) is 5.95 Å². The summed E-state index contributed by atoms with van der Waals surface area (Å²) in [5, 5.41) is 3.48. The number of guanidine groups is 1. The quantitative estimate of drug-likeness (QED) is 0.492.